The Balaban J connectivity index is 2.92. The van der Waals surface area contributed by atoms with Crippen LogP contribution in [0.5, 0.6) is 0 Å². The molecule has 1 aromatic rings. The third-order valence-electron chi connectivity index (χ3n) is 3.13. The van der Waals surface area contributed by atoms with Crippen LogP contribution in [-0.4, -0.2) is 35.5 Å². The molecule has 7 nitrogen and oxygen atoms in total. The third-order valence-corrected chi connectivity index (χ3v) is 3.13. The average Bonchev–Trinajstić information content (AvgIpc) is 2.50. The smallest absolute Gasteiger partial charge is 0.408 e. The van der Waals surface area contributed by atoms with Crippen molar-refractivity contribution in [2.75, 3.05) is 0 Å². The van der Waals surface area contributed by atoms with Crippen molar-refractivity contribution in [2.45, 2.75) is 58.4 Å². The van der Waals surface area contributed by atoms with E-state index in [9.17, 15) is 14.4 Å². The zero-order chi connectivity index (χ0) is 19.2. The molecule has 0 heterocycles. The van der Waals surface area contributed by atoms with E-state index < -0.39 is 41.6 Å². The minimum absolute atomic E-state index is 0.481. The highest BCUT2D eigenvalue weighted by Gasteiger charge is 2.31. The Hall–Kier alpha value is -2.41. The minimum atomic E-state index is -1.16. The van der Waals surface area contributed by atoms with E-state index in [4.69, 9.17) is 15.2 Å². The number of hydrogen-bond acceptors (Lipinski definition) is 6. The Bertz CT molecular complexity index is 608. The maximum Gasteiger partial charge on any atom is 0.408 e. The van der Waals surface area contributed by atoms with E-state index >= 15 is 0 Å². The molecule has 0 saturated carbocycles. The summed E-state index contributed by atoms with van der Waals surface area (Å²) in [5.74, 6) is -1.18. The van der Waals surface area contributed by atoms with Crippen LogP contribution in [0, 0.1) is 0 Å². The number of carbonyl (C=O) groups is 3. The highest BCUT2D eigenvalue weighted by atomic mass is 16.6. The quantitative estimate of drug-likeness (QED) is 0.761. The summed E-state index contributed by atoms with van der Waals surface area (Å²) in [6.07, 6.45) is -1.89. The van der Waals surface area contributed by atoms with Crippen LogP contribution in [0.25, 0.3) is 0 Å². The molecule has 138 valence electrons. The Morgan fingerprint density at radius 2 is 1.64 bits per heavy atom. The van der Waals surface area contributed by atoms with E-state index in [1.54, 1.807) is 51.1 Å². The lowest BCUT2D eigenvalue weighted by atomic mass is 10.0. The molecule has 1 amide bonds. The Morgan fingerprint density at radius 1 is 1.08 bits per heavy atom. The van der Waals surface area contributed by atoms with Gasteiger partial charge in [-0.2, -0.15) is 0 Å². The average molecular weight is 350 g/mol. The van der Waals surface area contributed by atoms with Gasteiger partial charge in [-0.3, -0.25) is 9.59 Å². The summed E-state index contributed by atoms with van der Waals surface area (Å²) in [7, 11) is 0. The third kappa shape index (κ3) is 6.93. The molecule has 0 aliphatic carbocycles. The van der Waals surface area contributed by atoms with Gasteiger partial charge in [0, 0.05) is 5.56 Å². The normalized spacial score (nSPS) is 14.8. The van der Waals surface area contributed by atoms with E-state index in [-0.39, 0.29) is 0 Å². The maximum absolute atomic E-state index is 12.7. The van der Waals surface area contributed by atoms with Crippen molar-refractivity contribution >= 4 is 17.8 Å². The lowest BCUT2D eigenvalue weighted by Gasteiger charge is -2.24. The number of esters is 1. The lowest BCUT2D eigenvalue weighted by Crippen LogP contribution is -2.44. The molecule has 3 N–H and O–H groups in total. The number of hydrogen-bond donors (Lipinski definition) is 2. The van der Waals surface area contributed by atoms with Crippen molar-refractivity contribution in [3.63, 3.8) is 0 Å². The van der Waals surface area contributed by atoms with Crippen LogP contribution in [0.3, 0.4) is 0 Å². The number of alkyl carbamates (subject to hydrolysis) is 1. The van der Waals surface area contributed by atoms with Crippen molar-refractivity contribution in [1.29, 1.82) is 0 Å². The summed E-state index contributed by atoms with van der Waals surface area (Å²) in [6.45, 7) is 8.13. The van der Waals surface area contributed by atoms with Crippen molar-refractivity contribution < 1.29 is 23.9 Å². The van der Waals surface area contributed by atoms with Gasteiger partial charge in [-0.1, -0.05) is 30.3 Å². The molecule has 0 radical (unpaired) electrons. The molecule has 1 unspecified atom stereocenters. The van der Waals surface area contributed by atoms with E-state index in [0.29, 0.717) is 5.56 Å². The van der Waals surface area contributed by atoms with Gasteiger partial charge < -0.3 is 20.5 Å². The van der Waals surface area contributed by atoms with Crippen LogP contribution in [0.2, 0.25) is 0 Å². The highest BCUT2D eigenvalue weighted by molar-refractivity contribution is 5.93. The molecule has 1 aromatic carbocycles. The summed E-state index contributed by atoms with van der Waals surface area (Å²) < 4.78 is 10.4. The molecule has 1 rings (SSSR count). The molecule has 0 spiro atoms. The first-order valence-electron chi connectivity index (χ1n) is 8.05. The van der Waals surface area contributed by atoms with Crippen LogP contribution in [0.1, 0.15) is 46.3 Å². The summed E-state index contributed by atoms with van der Waals surface area (Å²) in [6, 6.07) is 6.77. The molecule has 0 aliphatic heterocycles. The first-order chi connectivity index (χ1) is 11.5. The van der Waals surface area contributed by atoms with Gasteiger partial charge in [0.25, 0.3) is 0 Å². The predicted octanol–water partition coefficient (Wildman–Crippen LogP) is 2.10. The molecular weight excluding hydrogens is 324 g/mol. The Kier molecular flexibility index (Phi) is 7.11. The predicted molar refractivity (Wildman–Crippen MR) is 92.8 cm³/mol. The largest absolute Gasteiger partial charge is 0.448 e. The second kappa shape index (κ2) is 8.62. The van der Waals surface area contributed by atoms with Gasteiger partial charge in [0.2, 0.25) is 0 Å². The molecule has 0 aliphatic rings. The van der Waals surface area contributed by atoms with E-state index in [0.717, 1.165) is 0 Å². The molecule has 0 bridgehead atoms. The number of ketones is 1. The Morgan fingerprint density at radius 3 is 2.12 bits per heavy atom. The van der Waals surface area contributed by atoms with E-state index in [2.05, 4.69) is 5.32 Å². The Labute approximate surface area is 147 Å². The maximum atomic E-state index is 12.7. The van der Waals surface area contributed by atoms with Gasteiger partial charge in [0.1, 0.15) is 11.6 Å². The van der Waals surface area contributed by atoms with Crippen LogP contribution in [-0.2, 0) is 19.1 Å². The monoisotopic (exact) mass is 350 g/mol. The van der Waals surface area contributed by atoms with Crippen molar-refractivity contribution in [3.8, 4) is 0 Å². The molecule has 25 heavy (non-hydrogen) atoms. The van der Waals surface area contributed by atoms with Gasteiger partial charge in [-0.25, -0.2) is 4.79 Å². The molecule has 0 saturated heterocycles. The molecule has 0 aromatic heterocycles. The minimum Gasteiger partial charge on any atom is -0.448 e. The second-order valence-corrected chi connectivity index (χ2v) is 6.79. The topological polar surface area (TPSA) is 108 Å². The number of rotatable bonds is 6. The standard InChI is InChI=1S/C18H26N2O5/c1-11(19)16(22)24-15(13-9-7-6-8-10-13)14(21)12(2)20-17(23)25-18(3,4)5/h6-12,15H,19H2,1-5H3,(H,20,23)/t11-,12-,15?/m0/s1. The molecule has 3 atom stereocenters. The zero-order valence-corrected chi connectivity index (χ0v) is 15.2. The zero-order valence-electron chi connectivity index (χ0n) is 15.2. The summed E-state index contributed by atoms with van der Waals surface area (Å²) in [5.41, 5.74) is 5.33. The molecule has 7 heteroatoms. The van der Waals surface area contributed by atoms with Crippen molar-refractivity contribution in [1.82, 2.24) is 5.32 Å². The van der Waals surface area contributed by atoms with Crippen LogP contribution < -0.4 is 11.1 Å². The van der Waals surface area contributed by atoms with Gasteiger partial charge in [-0.15, -0.1) is 0 Å². The molecular formula is C18H26N2O5. The summed E-state index contributed by atoms with van der Waals surface area (Å²) >= 11 is 0. The number of ether oxygens (including phenoxy) is 2. The van der Waals surface area contributed by atoms with Crippen molar-refractivity contribution in [2.24, 2.45) is 5.73 Å². The first-order valence-corrected chi connectivity index (χ1v) is 8.05. The van der Waals surface area contributed by atoms with E-state index in [1.807, 2.05) is 0 Å². The molecule has 0 fully saturated rings. The van der Waals surface area contributed by atoms with Crippen molar-refractivity contribution in [3.05, 3.63) is 35.9 Å². The number of nitrogens with one attached hydrogen (secondary N) is 1. The van der Waals surface area contributed by atoms with Crippen LogP contribution >= 0.6 is 0 Å². The SMILES string of the molecule is C[C@H](N)C(=O)OC(C(=O)[C@H](C)NC(=O)OC(C)(C)C)c1ccccc1. The van der Waals surface area contributed by atoms with E-state index in [1.165, 1.54) is 13.8 Å². The fourth-order valence-electron chi connectivity index (χ4n) is 1.92. The number of Topliss-reactive ketones (excluding diaryl/α,β-unsaturated/α-hetero) is 1. The summed E-state index contributed by atoms with van der Waals surface area (Å²) in [5, 5.41) is 2.46. The number of benzene rings is 1. The number of amides is 1. The number of carbonyl (C=O) groups excluding carboxylic acids is 3. The lowest BCUT2D eigenvalue weighted by molar-refractivity contribution is -0.157. The summed E-state index contributed by atoms with van der Waals surface area (Å²) in [4.78, 5) is 36.4. The second-order valence-electron chi connectivity index (χ2n) is 6.79. The number of nitrogens with two attached hydrogens (primary N) is 1. The van der Waals surface area contributed by atoms with Crippen LogP contribution in [0.15, 0.2) is 30.3 Å². The van der Waals surface area contributed by atoms with Gasteiger partial charge in [-0.05, 0) is 34.6 Å². The fourth-order valence-corrected chi connectivity index (χ4v) is 1.92. The van der Waals surface area contributed by atoms with Crippen LogP contribution in [0.4, 0.5) is 4.79 Å². The van der Waals surface area contributed by atoms with Gasteiger partial charge in [0.05, 0.1) is 6.04 Å². The fraction of sp³-hybridized carbons (Fsp3) is 0.500. The van der Waals surface area contributed by atoms with Gasteiger partial charge >= 0.3 is 12.1 Å². The van der Waals surface area contributed by atoms with Gasteiger partial charge in [0.15, 0.2) is 11.9 Å². The highest BCUT2D eigenvalue weighted by Crippen LogP contribution is 2.21. The first kappa shape index (κ1) is 20.6.